The molecule has 0 aromatic carbocycles. The third-order valence-electron chi connectivity index (χ3n) is 11.5. The monoisotopic (exact) mass is 749 g/mol. The largest absolute Gasteiger partial charge is 0.465 e. The number of hydrogen-bond acceptors (Lipinski definition) is 6. The smallest absolute Gasteiger partial charge is 0.305 e. The maximum atomic E-state index is 13.4. The number of likely N-dealkylation sites (tertiary alicyclic amines) is 1. The van der Waals surface area contributed by atoms with E-state index in [9.17, 15) is 14.4 Å². The van der Waals surface area contributed by atoms with E-state index < -0.39 is 5.41 Å². The van der Waals surface area contributed by atoms with E-state index in [4.69, 9.17) is 9.47 Å². The first kappa shape index (κ1) is 49.4. The normalized spacial score (nSPS) is 14.2. The van der Waals surface area contributed by atoms with Gasteiger partial charge in [0.05, 0.1) is 0 Å². The average molecular weight is 749 g/mol. The summed E-state index contributed by atoms with van der Waals surface area (Å²) < 4.78 is 11.8. The Morgan fingerprint density at radius 2 is 0.792 bits per heavy atom. The van der Waals surface area contributed by atoms with Crippen LogP contribution in [0, 0.1) is 5.41 Å². The van der Waals surface area contributed by atoms with Gasteiger partial charge in [-0.3, -0.25) is 14.4 Å². The first-order chi connectivity index (χ1) is 25.9. The summed E-state index contributed by atoms with van der Waals surface area (Å²) >= 11 is 0. The topological polar surface area (TPSA) is 76.1 Å². The highest BCUT2D eigenvalue weighted by Crippen LogP contribution is 2.33. The van der Waals surface area contributed by atoms with Crippen LogP contribution in [-0.4, -0.2) is 73.6 Å². The van der Waals surface area contributed by atoms with Crippen molar-refractivity contribution in [3.8, 4) is 0 Å². The summed E-state index contributed by atoms with van der Waals surface area (Å²) in [4.78, 5) is 43.6. The maximum Gasteiger partial charge on any atom is 0.305 e. The van der Waals surface area contributed by atoms with Gasteiger partial charge in [0.25, 0.3) is 0 Å². The molecule has 7 heteroatoms. The zero-order chi connectivity index (χ0) is 38.7. The molecule has 0 aromatic rings. The van der Waals surface area contributed by atoms with Crippen molar-refractivity contribution in [2.45, 2.75) is 227 Å². The van der Waals surface area contributed by atoms with Gasteiger partial charge in [-0.15, -0.1) is 0 Å². The molecule has 1 aliphatic rings. The van der Waals surface area contributed by atoms with E-state index in [1.54, 1.807) is 0 Å². The third-order valence-corrected chi connectivity index (χ3v) is 11.5. The summed E-state index contributed by atoms with van der Waals surface area (Å²) in [5.41, 5.74) is -0.427. The fourth-order valence-corrected chi connectivity index (χ4v) is 7.60. The number of piperidine rings is 1. The highest BCUT2D eigenvalue weighted by atomic mass is 16.5. The number of amides is 1. The van der Waals surface area contributed by atoms with Crippen molar-refractivity contribution in [1.82, 2.24) is 9.80 Å². The molecule has 7 nitrogen and oxygen atoms in total. The molecular weight excluding hydrogens is 661 g/mol. The number of nitrogens with zero attached hydrogens (tertiary/aromatic N) is 2. The summed E-state index contributed by atoms with van der Waals surface area (Å²) in [5, 5.41) is 0. The Morgan fingerprint density at radius 1 is 0.453 bits per heavy atom. The molecule has 0 N–H and O–H groups in total. The van der Waals surface area contributed by atoms with Crippen LogP contribution in [0.2, 0.25) is 0 Å². The highest BCUT2D eigenvalue weighted by molar-refractivity contribution is 5.76. The van der Waals surface area contributed by atoms with Crippen LogP contribution in [0.1, 0.15) is 227 Å². The molecular formula is C46H88N2O5. The van der Waals surface area contributed by atoms with Gasteiger partial charge in [0.2, 0.25) is 5.91 Å². The second-order valence-electron chi connectivity index (χ2n) is 16.6. The first-order valence-corrected chi connectivity index (χ1v) is 23.2. The summed E-state index contributed by atoms with van der Waals surface area (Å²) in [5.74, 6) is -0.0787. The quantitative estimate of drug-likeness (QED) is 0.0465. The van der Waals surface area contributed by atoms with E-state index in [0.717, 1.165) is 45.3 Å². The second-order valence-corrected chi connectivity index (χ2v) is 16.6. The number of carbonyl (C=O) groups is 3. The van der Waals surface area contributed by atoms with Gasteiger partial charge in [-0.05, 0) is 51.6 Å². The molecule has 1 saturated heterocycles. The lowest BCUT2D eigenvalue weighted by Gasteiger charge is -2.41. The van der Waals surface area contributed by atoms with Crippen molar-refractivity contribution in [2.75, 3.05) is 45.9 Å². The zero-order valence-electron chi connectivity index (χ0n) is 35.8. The molecule has 0 unspecified atom stereocenters. The second kappa shape index (κ2) is 34.8. The molecule has 1 heterocycles. The molecule has 0 saturated carbocycles. The van der Waals surface area contributed by atoms with Crippen LogP contribution >= 0.6 is 0 Å². The molecule has 0 atom stereocenters. The molecule has 0 spiro atoms. The summed E-state index contributed by atoms with van der Waals surface area (Å²) in [6.45, 7) is 13.8. The van der Waals surface area contributed by atoms with Gasteiger partial charge in [0, 0.05) is 44.3 Å². The summed E-state index contributed by atoms with van der Waals surface area (Å²) in [6.07, 6.45) is 34.6. The van der Waals surface area contributed by atoms with Crippen LogP contribution in [0.15, 0.2) is 0 Å². The minimum Gasteiger partial charge on any atom is -0.465 e. The van der Waals surface area contributed by atoms with Gasteiger partial charge in [-0.1, -0.05) is 169 Å². The van der Waals surface area contributed by atoms with E-state index in [-0.39, 0.29) is 31.1 Å². The van der Waals surface area contributed by atoms with E-state index in [1.165, 1.54) is 141 Å². The van der Waals surface area contributed by atoms with Gasteiger partial charge in [0.1, 0.15) is 13.2 Å². The lowest BCUT2D eigenvalue weighted by Crippen LogP contribution is -2.48. The Morgan fingerprint density at radius 3 is 1.17 bits per heavy atom. The van der Waals surface area contributed by atoms with Gasteiger partial charge >= 0.3 is 11.9 Å². The molecule has 53 heavy (non-hydrogen) atoms. The Hall–Kier alpha value is -1.63. The standard InChI is InChI=1S/C46H88N2O5/c1-5-9-13-17-19-21-23-25-27-31-44(50)52-41-46(42-53-45(51)32-28-26-24-22-20-18-14-10-6-2)34-39-48(40-35-46)43(49)33-38-47(36-29-15-11-7-3)37-30-16-12-8-4/h5-42H2,1-4H3. The Kier molecular flexibility index (Phi) is 32.5. The number of rotatable bonds is 37. The van der Waals surface area contributed by atoms with E-state index in [1.807, 2.05) is 4.90 Å². The van der Waals surface area contributed by atoms with Crippen LogP contribution in [0.4, 0.5) is 0 Å². The summed E-state index contributed by atoms with van der Waals surface area (Å²) in [6, 6.07) is 0. The Labute approximate surface area is 328 Å². The highest BCUT2D eigenvalue weighted by Gasteiger charge is 2.38. The predicted molar refractivity (Wildman–Crippen MR) is 223 cm³/mol. The van der Waals surface area contributed by atoms with E-state index in [0.29, 0.717) is 45.2 Å². The number of ether oxygens (including phenoxy) is 2. The average Bonchev–Trinajstić information content (AvgIpc) is 3.17. The number of esters is 2. The first-order valence-electron chi connectivity index (χ1n) is 23.2. The summed E-state index contributed by atoms with van der Waals surface area (Å²) in [7, 11) is 0. The van der Waals surface area contributed by atoms with Crippen molar-refractivity contribution in [3.63, 3.8) is 0 Å². The number of hydrogen-bond donors (Lipinski definition) is 0. The van der Waals surface area contributed by atoms with Gasteiger partial charge in [-0.2, -0.15) is 0 Å². The molecule has 1 rings (SSSR count). The van der Waals surface area contributed by atoms with Crippen LogP contribution < -0.4 is 0 Å². The lowest BCUT2D eigenvalue weighted by atomic mass is 9.79. The van der Waals surface area contributed by atoms with Crippen LogP contribution in [0.25, 0.3) is 0 Å². The van der Waals surface area contributed by atoms with Crippen LogP contribution in [-0.2, 0) is 23.9 Å². The maximum absolute atomic E-state index is 13.4. The van der Waals surface area contributed by atoms with Crippen LogP contribution in [0.5, 0.6) is 0 Å². The Balaban J connectivity index is 2.61. The molecule has 0 radical (unpaired) electrons. The number of unbranched alkanes of at least 4 members (excludes halogenated alkanes) is 22. The van der Waals surface area contributed by atoms with E-state index in [2.05, 4.69) is 32.6 Å². The minimum absolute atomic E-state index is 0.148. The van der Waals surface area contributed by atoms with Gasteiger partial charge < -0.3 is 19.3 Å². The number of carbonyl (C=O) groups excluding carboxylic acids is 3. The van der Waals surface area contributed by atoms with Gasteiger partial charge in [0.15, 0.2) is 0 Å². The van der Waals surface area contributed by atoms with Crippen molar-refractivity contribution < 1.29 is 23.9 Å². The molecule has 0 aliphatic carbocycles. The molecule has 1 fully saturated rings. The zero-order valence-corrected chi connectivity index (χ0v) is 35.8. The Bertz CT molecular complexity index is 820. The molecule has 1 aliphatic heterocycles. The minimum atomic E-state index is -0.427. The van der Waals surface area contributed by atoms with Crippen molar-refractivity contribution in [1.29, 1.82) is 0 Å². The predicted octanol–water partition coefficient (Wildman–Crippen LogP) is 12.4. The molecule has 1 amide bonds. The third kappa shape index (κ3) is 27.6. The van der Waals surface area contributed by atoms with Crippen molar-refractivity contribution in [3.05, 3.63) is 0 Å². The van der Waals surface area contributed by atoms with Crippen molar-refractivity contribution in [2.24, 2.45) is 5.41 Å². The fourth-order valence-electron chi connectivity index (χ4n) is 7.60. The molecule has 0 aromatic heterocycles. The van der Waals surface area contributed by atoms with Crippen LogP contribution in [0.3, 0.4) is 0 Å². The van der Waals surface area contributed by atoms with Gasteiger partial charge in [-0.25, -0.2) is 0 Å². The SMILES string of the molecule is CCCCCCCCCCCC(=O)OCC1(COC(=O)CCCCCCCCCCC)CCN(C(=O)CCN(CCCCCC)CCCCCC)CC1. The molecule has 0 bridgehead atoms. The lowest BCUT2D eigenvalue weighted by molar-refractivity contribution is -0.158. The van der Waals surface area contributed by atoms with E-state index >= 15 is 0 Å². The molecule has 312 valence electrons. The fraction of sp³-hybridized carbons (Fsp3) is 0.935. The van der Waals surface area contributed by atoms with Crippen molar-refractivity contribution >= 4 is 17.8 Å².